The van der Waals surface area contributed by atoms with E-state index in [0.29, 0.717) is 18.9 Å². The van der Waals surface area contributed by atoms with Crippen LogP contribution in [-0.2, 0) is 4.79 Å². The van der Waals surface area contributed by atoms with Gasteiger partial charge >= 0.3 is 0 Å². The molecule has 0 saturated carbocycles. The van der Waals surface area contributed by atoms with Gasteiger partial charge in [-0.3, -0.25) is 4.79 Å². The minimum Gasteiger partial charge on any atom is -0.349 e. The molecule has 1 atom stereocenters. The molecule has 102 valence electrons. The summed E-state index contributed by atoms with van der Waals surface area (Å²) in [4.78, 5) is 12.0. The van der Waals surface area contributed by atoms with E-state index in [1.807, 2.05) is 0 Å². The quantitative estimate of drug-likeness (QED) is 0.752. The van der Waals surface area contributed by atoms with E-state index in [4.69, 9.17) is 5.73 Å². The number of carbonyl (C=O) groups is 1. The Hall–Kier alpha value is -0.570. The van der Waals surface area contributed by atoms with Gasteiger partial charge in [0.05, 0.1) is 5.54 Å². The lowest BCUT2D eigenvalue weighted by Gasteiger charge is -2.33. The van der Waals surface area contributed by atoms with Crippen LogP contribution in [0.2, 0.25) is 0 Å². The van der Waals surface area contributed by atoms with Gasteiger partial charge < -0.3 is 11.1 Å². The zero-order valence-electron chi connectivity index (χ0n) is 12.4. The molecule has 3 nitrogen and oxygen atoms in total. The molecule has 0 fully saturated rings. The van der Waals surface area contributed by atoms with E-state index in [2.05, 4.69) is 46.9 Å². The molecule has 3 N–H and O–H groups in total. The Balaban J connectivity index is 4.45. The molecule has 0 aliphatic heterocycles. The third-order valence-electron chi connectivity index (χ3n) is 4.12. The summed E-state index contributed by atoms with van der Waals surface area (Å²) < 4.78 is 0. The maximum Gasteiger partial charge on any atom is 0.220 e. The van der Waals surface area contributed by atoms with Gasteiger partial charge in [0.25, 0.3) is 0 Å². The SMILES string of the molecule is CCC(CC)(CN)NC(=O)CC(C)C(C)(C)C. The Morgan fingerprint density at radius 3 is 2.00 bits per heavy atom. The summed E-state index contributed by atoms with van der Waals surface area (Å²) in [7, 11) is 0. The molecule has 0 aliphatic carbocycles. The lowest BCUT2D eigenvalue weighted by atomic mass is 9.79. The minimum atomic E-state index is -0.214. The molecule has 3 heteroatoms. The number of rotatable bonds is 6. The van der Waals surface area contributed by atoms with Crippen molar-refractivity contribution in [2.75, 3.05) is 6.54 Å². The predicted octanol–water partition coefficient (Wildman–Crippen LogP) is 2.69. The summed E-state index contributed by atoms with van der Waals surface area (Å²) in [6.45, 7) is 13.3. The number of hydrogen-bond donors (Lipinski definition) is 2. The first-order valence-corrected chi connectivity index (χ1v) is 6.72. The minimum absolute atomic E-state index is 0.126. The highest BCUT2D eigenvalue weighted by Gasteiger charge is 2.28. The summed E-state index contributed by atoms with van der Waals surface area (Å²) in [5.41, 5.74) is 5.73. The van der Waals surface area contributed by atoms with Crippen molar-refractivity contribution in [1.82, 2.24) is 5.32 Å². The molecule has 0 aromatic carbocycles. The van der Waals surface area contributed by atoms with E-state index in [1.54, 1.807) is 0 Å². The number of nitrogens with one attached hydrogen (secondary N) is 1. The van der Waals surface area contributed by atoms with Gasteiger partial charge in [0, 0.05) is 13.0 Å². The fourth-order valence-electron chi connectivity index (χ4n) is 1.70. The van der Waals surface area contributed by atoms with E-state index in [9.17, 15) is 4.79 Å². The Morgan fingerprint density at radius 1 is 1.24 bits per heavy atom. The molecular formula is C14H30N2O. The van der Waals surface area contributed by atoms with Gasteiger partial charge in [0.1, 0.15) is 0 Å². The van der Waals surface area contributed by atoms with Gasteiger partial charge in [0.2, 0.25) is 5.91 Å². The van der Waals surface area contributed by atoms with Gasteiger partial charge in [-0.1, -0.05) is 41.5 Å². The second kappa shape index (κ2) is 6.39. The fourth-order valence-corrected chi connectivity index (χ4v) is 1.70. The van der Waals surface area contributed by atoms with Gasteiger partial charge in [-0.2, -0.15) is 0 Å². The average Bonchev–Trinajstić information content (AvgIpc) is 2.24. The summed E-state index contributed by atoms with van der Waals surface area (Å²) in [6.07, 6.45) is 2.34. The van der Waals surface area contributed by atoms with Crippen molar-refractivity contribution in [3.8, 4) is 0 Å². The second-order valence-electron chi connectivity index (χ2n) is 6.21. The van der Waals surface area contributed by atoms with E-state index < -0.39 is 0 Å². The predicted molar refractivity (Wildman–Crippen MR) is 73.7 cm³/mol. The largest absolute Gasteiger partial charge is 0.349 e. The van der Waals surface area contributed by atoms with Crippen LogP contribution < -0.4 is 11.1 Å². The first-order valence-electron chi connectivity index (χ1n) is 6.72. The highest BCUT2D eigenvalue weighted by atomic mass is 16.1. The van der Waals surface area contributed by atoms with E-state index >= 15 is 0 Å². The fraction of sp³-hybridized carbons (Fsp3) is 0.929. The van der Waals surface area contributed by atoms with Crippen LogP contribution >= 0.6 is 0 Å². The number of nitrogens with two attached hydrogens (primary N) is 1. The standard InChI is InChI=1S/C14H30N2O/c1-7-14(8-2,10-15)16-12(17)9-11(3)13(4,5)6/h11H,7-10,15H2,1-6H3,(H,16,17). The normalized spacial score (nSPS) is 14.5. The Bertz CT molecular complexity index is 231. The molecule has 0 spiro atoms. The molecule has 0 aromatic rings. The first-order chi connectivity index (χ1) is 7.70. The lowest BCUT2D eigenvalue weighted by molar-refractivity contribution is -0.124. The van der Waals surface area contributed by atoms with Crippen molar-refractivity contribution in [1.29, 1.82) is 0 Å². The average molecular weight is 242 g/mol. The Morgan fingerprint density at radius 2 is 1.71 bits per heavy atom. The topological polar surface area (TPSA) is 55.1 Å². The Labute approximate surface area is 107 Å². The van der Waals surface area contributed by atoms with Crippen LogP contribution in [0.1, 0.15) is 60.8 Å². The van der Waals surface area contributed by atoms with Crippen LogP contribution in [0.4, 0.5) is 0 Å². The van der Waals surface area contributed by atoms with E-state index in [-0.39, 0.29) is 16.9 Å². The second-order valence-corrected chi connectivity index (χ2v) is 6.21. The van der Waals surface area contributed by atoms with Gasteiger partial charge in [-0.15, -0.1) is 0 Å². The Kier molecular flexibility index (Phi) is 6.17. The van der Waals surface area contributed by atoms with Crippen LogP contribution in [0.5, 0.6) is 0 Å². The maximum atomic E-state index is 12.0. The first kappa shape index (κ1) is 16.4. The molecule has 0 heterocycles. The number of hydrogen-bond acceptors (Lipinski definition) is 2. The van der Waals surface area contributed by atoms with Crippen molar-refractivity contribution in [3.63, 3.8) is 0 Å². The third-order valence-corrected chi connectivity index (χ3v) is 4.12. The van der Waals surface area contributed by atoms with Gasteiger partial charge in [0.15, 0.2) is 0 Å². The molecule has 0 saturated heterocycles. The smallest absolute Gasteiger partial charge is 0.220 e. The van der Waals surface area contributed by atoms with Crippen LogP contribution in [0.25, 0.3) is 0 Å². The highest BCUT2D eigenvalue weighted by molar-refractivity contribution is 5.77. The van der Waals surface area contributed by atoms with E-state index in [0.717, 1.165) is 12.8 Å². The van der Waals surface area contributed by atoms with Crippen molar-refractivity contribution >= 4 is 5.91 Å². The summed E-state index contributed by atoms with van der Waals surface area (Å²) in [6, 6.07) is 0. The number of amides is 1. The van der Waals surface area contributed by atoms with Gasteiger partial charge in [-0.25, -0.2) is 0 Å². The number of carbonyl (C=O) groups excluding carboxylic acids is 1. The van der Waals surface area contributed by atoms with Crippen LogP contribution in [0.15, 0.2) is 0 Å². The van der Waals surface area contributed by atoms with Gasteiger partial charge in [-0.05, 0) is 24.2 Å². The van der Waals surface area contributed by atoms with Crippen LogP contribution in [-0.4, -0.2) is 18.0 Å². The zero-order chi connectivity index (χ0) is 13.7. The highest BCUT2D eigenvalue weighted by Crippen LogP contribution is 2.28. The summed E-state index contributed by atoms with van der Waals surface area (Å²) >= 11 is 0. The molecule has 1 amide bonds. The van der Waals surface area contributed by atoms with Crippen molar-refractivity contribution in [2.24, 2.45) is 17.1 Å². The molecule has 0 rings (SSSR count). The molecule has 0 aromatic heterocycles. The molecule has 1 unspecified atom stereocenters. The van der Waals surface area contributed by atoms with E-state index in [1.165, 1.54) is 0 Å². The van der Waals surface area contributed by atoms with Crippen molar-refractivity contribution in [2.45, 2.75) is 66.3 Å². The van der Waals surface area contributed by atoms with Crippen LogP contribution in [0, 0.1) is 11.3 Å². The molecule has 0 bridgehead atoms. The molecule has 0 radical (unpaired) electrons. The zero-order valence-corrected chi connectivity index (χ0v) is 12.4. The van der Waals surface area contributed by atoms with Crippen LogP contribution in [0.3, 0.4) is 0 Å². The summed E-state index contributed by atoms with van der Waals surface area (Å²) in [5.74, 6) is 0.494. The third kappa shape index (κ3) is 5.07. The monoisotopic (exact) mass is 242 g/mol. The van der Waals surface area contributed by atoms with Crippen molar-refractivity contribution < 1.29 is 4.79 Å². The summed E-state index contributed by atoms with van der Waals surface area (Å²) in [5, 5.41) is 3.12. The maximum absolute atomic E-state index is 12.0. The molecular weight excluding hydrogens is 212 g/mol. The van der Waals surface area contributed by atoms with Crippen molar-refractivity contribution in [3.05, 3.63) is 0 Å². The molecule has 17 heavy (non-hydrogen) atoms. The lowest BCUT2D eigenvalue weighted by Crippen LogP contribution is -2.53. The molecule has 0 aliphatic rings.